The fourth-order valence-electron chi connectivity index (χ4n) is 1.86. The summed E-state index contributed by atoms with van der Waals surface area (Å²) in [6.07, 6.45) is -0.468. The molecule has 1 heterocycles. The molecule has 98 valence electrons. The quantitative estimate of drug-likeness (QED) is 0.731. The van der Waals surface area contributed by atoms with Gasteiger partial charge in [-0.15, -0.1) is 10.2 Å². The molecule has 0 aliphatic rings. The minimum atomic E-state index is -0.468. The second-order valence-electron chi connectivity index (χ2n) is 4.21. The minimum Gasteiger partial charge on any atom is -0.389 e. The van der Waals surface area contributed by atoms with E-state index in [1.165, 1.54) is 0 Å². The average Bonchev–Trinajstić information content (AvgIpc) is 2.59. The average molecular weight is 242 g/mol. The van der Waals surface area contributed by atoms with Gasteiger partial charge < -0.3 is 14.4 Å². The van der Waals surface area contributed by atoms with Crippen molar-refractivity contribution in [3.63, 3.8) is 0 Å². The highest BCUT2D eigenvalue weighted by Gasteiger charge is 2.12. The van der Waals surface area contributed by atoms with Crippen LogP contribution in [0.25, 0.3) is 0 Å². The number of rotatable bonds is 7. The van der Waals surface area contributed by atoms with Gasteiger partial charge in [0.1, 0.15) is 11.6 Å². The number of hydrogen-bond donors (Lipinski definition) is 1. The maximum atomic E-state index is 9.62. The molecule has 1 rings (SSSR count). The van der Waals surface area contributed by atoms with Gasteiger partial charge in [-0.05, 0) is 20.9 Å². The summed E-state index contributed by atoms with van der Waals surface area (Å²) in [5.41, 5.74) is 0. The van der Waals surface area contributed by atoms with Crippen LogP contribution in [0.5, 0.6) is 0 Å². The summed E-state index contributed by atoms with van der Waals surface area (Å²) >= 11 is 0. The fourth-order valence-corrected chi connectivity index (χ4v) is 1.86. The van der Waals surface area contributed by atoms with Crippen LogP contribution in [0.1, 0.15) is 18.6 Å². The highest BCUT2D eigenvalue weighted by atomic mass is 16.5. The first-order valence-electron chi connectivity index (χ1n) is 5.82. The van der Waals surface area contributed by atoms with Crippen molar-refractivity contribution >= 4 is 0 Å². The summed E-state index contributed by atoms with van der Waals surface area (Å²) in [6.45, 7) is 6.46. The van der Waals surface area contributed by atoms with Crippen LogP contribution in [-0.2, 0) is 17.8 Å². The third-order valence-electron chi connectivity index (χ3n) is 2.62. The highest BCUT2D eigenvalue weighted by molar-refractivity contribution is 4.93. The van der Waals surface area contributed by atoms with Crippen molar-refractivity contribution in [2.24, 2.45) is 0 Å². The van der Waals surface area contributed by atoms with E-state index in [-0.39, 0.29) is 0 Å². The number of aromatic nitrogens is 3. The van der Waals surface area contributed by atoms with Gasteiger partial charge in [0, 0.05) is 20.2 Å². The van der Waals surface area contributed by atoms with Gasteiger partial charge in [0.25, 0.3) is 0 Å². The Balaban J connectivity index is 2.52. The lowest BCUT2D eigenvalue weighted by molar-refractivity contribution is 0.0412. The Bertz CT molecular complexity index is 340. The molecule has 1 atom stereocenters. The first kappa shape index (κ1) is 14.1. The van der Waals surface area contributed by atoms with Crippen molar-refractivity contribution in [2.75, 3.05) is 27.3 Å². The van der Waals surface area contributed by atoms with E-state index < -0.39 is 6.10 Å². The number of likely N-dealkylation sites (N-methyl/N-ethyl adjacent to an activating group) is 1. The van der Waals surface area contributed by atoms with Crippen molar-refractivity contribution in [1.82, 2.24) is 19.7 Å². The number of ether oxygens (including phenoxy) is 1. The van der Waals surface area contributed by atoms with Crippen LogP contribution < -0.4 is 0 Å². The fraction of sp³-hybridized carbons (Fsp3) is 0.818. The molecule has 1 unspecified atom stereocenters. The van der Waals surface area contributed by atoms with E-state index in [1.807, 2.05) is 18.9 Å². The summed E-state index contributed by atoms with van der Waals surface area (Å²) in [4.78, 5) is 2.01. The lowest BCUT2D eigenvalue weighted by Gasteiger charge is -2.19. The number of aliphatic hydroxyl groups excluding tert-OH is 1. The van der Waals surface area contributed by atoms with Gasteiger partial charge in [-0.2, -0.15) is 0 Å². The van der Waals surface area contributed by atoms with Crippen LogP contribution >= 0.6 is 0 Å². The predicted molar refractivity (Wildman–Crippen MR) is 64.6 cm³/mol. The number of nitrogens with zero attached hydrogens (tertiary/aromatic N) is 4. The molecule has 0 radical (unpaired) electrons. The molecular formula is C11H22N4O2. The second kappa shape index (κ2) is 6.68. The number of hydrogen-bond acceptors (Lipinski definition) is 5. The number of methoxy groups -OCH3 is 1. The lowest BCUT2D eigenvalue weighted by atomic mass is 10.3. The summed E-state index contributed by atoms with van der Waals surface area (Å²) < 4.78 is 6.96. The smallest absolute Gasteiger partial charge is 0.147 e. The summed E-state index contributed by atoms with van der Waals surface area (Å²) in [5.74, 6) is 1.85. The SMILES string of the molecule is CCn1c(C)nnc1CN(C)CC(O)COC. The molecule has 0 bridgehead atoms. The first-order chi connectivity index (χ1) is 8.08. The molecule has 0 saturated carbocycles. The van der Waals surface area contributed by atoms with Crippen molar-refractivity contribution in [3.05, 3.63) is 11.6 Å². The Labute approximate surface area is 102 Å². The zero-order chi connectivity index (χ0) is 12.8. The summed E-state index contributed by atoms with van der Waals surface area (Å²) in [6, 6.07) is 0. The maximum absolute atomic E-state index is 9.62. The normalized spacial score (nSPS) is 13.3. The molecule has 17 heavy (non-hydrogen) atoms. The molecule has 1 aromatic rings. The van der Waals surface area contributed by atoms with Gasteiger partial charge in [0.15, 0.2) is 0 Å². The third kappa shape index (κ3) is 4.07. The summed E-state index contributed by atoms with van der Waals surface area (Å²) in [5, 5.41) is 17.8. The third-order valence-corrected chi connectivity index (χ3v) is 2.62. The van der Waals surface area contributed by atoms with Gasteiger partial charge in [0.2, 0.25) is 0 Å². The van der Waals surface area contributed by atoms with E-state index in [0.717, 1.165) is 18.2 Å². The lowest BCUT2D eigenvalue weighted by Crippen LogP contribution is -2.32. The first-order valence-corrected chi connectivity index (χ1v) is 5.82. The van der Waals surface area contributed by atoms with E-state index in [4.69, 9.17) is 4.74 Å². The van der Waals surface area contributed by atoms with Gasteiger partial charge in [-0.3, -0.25) is 4.90 Å². The largest absolute Gasteiger partial charge is 0.389 e. The molecular weight excluding hydrogens is 220 g/mol. The molecule has 1 aromatic heterocycles. The van der Waals surface area contributed by atoms with Crippen molar-refractivity contribution < 1.29 is 9.84 Å². The molecule has 0 aromatic carbocycles. The Kier molecular flexibility index (Phi) is 5.54. The minimum absolute atomic E-state index is 0.351. The van der Waals surface area contributed by atoms with Crippen LogP contribution in [-0.4, -0.2) is 58.2 Å². The standard InChI is InChI=1S/C11H22N4O2/c1-5-15-9(2)12-13-11(15)7-14(3)6-10(16)8-17-4/h10,16H,5-8H2,1-4H3. The highest BCUT2D eigenvalue weighted by Crippen LogP contribution is 2.04. The molecule has 0 aliphatic carbocycles. The molecule has 6 nitrogen and oxygen atoms in total. The van der Waals surface area contributed by atoms with Gasteiger partial charge >= 0.3 is 0 Å². The van der Waals surface area contributed by atoms with E-state index in [9.17, 15) is 5.11 Å². The molecule has 0 saturated heterocycles. The second-order valence-corrected chi connectivity index (χ2v) is 4.21. The van der Waals surface area contributed by atoms with Crippen LogP contribution in [0.4, 0.5) is 0 Å². The van der Waals surface area contributed by atoms with Crippen LogP contribution in [0.2, 0.25) is 0 Å². The summed E-state index contributed by atoms with van der Waals surface area (Å²) in [7, 11) is 3.53. The molecule has 0 spiro atoms. The van der Waals surface area contributed by atoms with E-state index in [1.54, 1.807) is 7.11 Å². The molecule has 0 aliphatic heterocycles. The predicted octanol–water partition coefficient (Wildman–Crippen LogP) is 0.0455. The Morgan fingerprint density at radius 1 is 1.47 bits per heavy atom. The number of aliphatic hydroxyl groups is 1. The molecule has 1 N–H and O–H groups in total. The van der Waals surface area contributed by atoms with E-state index in [2.05, 4.69) is 21.7 Å². The zero-order valence-corrected chi connectivity index (χ0v) is 11.1. The van der Waals surface area contributed by atoms with E-state index >= 15 is 0 Å². The Hall–Kier alpha value is -0.980. The van der Waals surface area contributed by atoms with E-state index in [0.29, 0.717) is 19.7 Å². The van der Waals surface area contributed by atoms with Crippen molar-refractivity contribution in [1.29, 1.82) is 0 Å². The molecule has 0 fully saturated rings. The number of aryl methyl sites for hydroxylation is 1. The zero-order valence-electron chi connectivity index (χ0n) is 11.1. The van der Waals surface area contributed by atoms with Gasteiger partial charge in [-0.1, -0.05) is 0 Å². The van der Waals surface area contributed by atoms with Crippen molar-refractivity contribution in [3.8, 4) is 0 Å². The Morgan fingerprint density at radius 3 is 2.76 bits per heavy atom. The van der Waals surface area contributed by atoms with Crippen molar-refractivity contribution in [2.45, 2.75) is 33.0 Å². The van der Waals surface area contributed by atoms with Crippen LogP contribution in [0, 0.1) is 6.92 Å². The monoisotopic (exact) mass is 242 g/mol. The maximum Gasteiger partial charge on any atom is 0.147 e. The molecule has 0 amide bonds. The van der Waals surface area contributed by atoms with Crippen LogP contribution in [0.15, 0.2) is 0 Å². The Morgan fingerprint density at radius 2 is 2.18 bits per heavy atom. The topological polar surface area (TPSA) is 63.4 Å². The van der Waals surface area contributed by atoms with Crippen LogP contribution in [0.3, 0.4) is 0 Å². The van der Waals surface area contributed by atoms with Gasteiger partial charge in [-0.25, -0.2) is 0 Å². The molecule has 6 heteroatoms. The van der Waals surface area contributed by atoms with Gasteiger partial charge in [0.05, 0.1) is 19.3 Å².